The van der Waals surface area contributed by atoms with Gasteiger partial charge in [-0.15, -0.1) is 0 Å². The average Bonchev–Trinajstić information content (AvgIpc) is 3.19. The van der Waals surface area contributed by atoms with Gasteiger partial charge in [0.25, 0.3) is 11.8 Å². The zero-order chi connectivity index (χ0) is 23.8. The van der Waals surface area contributed by atoms with E-state index in [-0.39, 0.29) is 30.7 Å². The standard InChI is InChI=1S/C26H28N4O4/c27-14-18-3-1-2-4-20(18)16-9-11-29(12-10-16)25(33)17-5-6-21-19(13-17)15-30(26(21)34)22-7-8-23(31)28-24(22)32/h1-6,13,16,22H,7-12,14-15,27H2,(H,28,31,32). The lowest BCUT2D eigenvalue weighted by Crippen LogP contribution is -2.52. The van der Waals surface area contributed by atoms with E-state index in [0.717, 1.165) is 24.0 Å². The highest BCUT2D eigenvalue weighted by Gasteiger charge is 2.39. The molecule has 34 heavy (non-hydrogen) atoms. The molecule has 0 aromatic heterocycles. The minimum atomic E-state index is -0.660. The Morgan fingerprint density at radius 3 is 2.53 bits per heavy atom. The van der Waals surface area contributed by atoms with Crippen molar-refractivity contribution in [1.82, 2.24) is 15.1 Å². The van der Waals surface area contributed by atoms with Crippen molar-refractivity contribution in [2.45, 2.75) is 50.7 Å². The van der Waals surface area contributed by atoms with E-state index in [0.29, 0.717) is 43.1 Å². The molecule has 0 bridgehead atoms. The number of nitrogens with zero attached hydrogens (tertiary/aromatic N) is 2. The van der Waals surface area contributed by atoms with Crippen LogP contribution in [0, 0.1) is 0 Å². The minimum Gasteiger partial charge on any atom is -0.339 e. The van der Waals surface area contributed by atoms with Crippen LogP contribution in [0.4, 0.5) is 0 Å². The highest BCUT2D eigenvalue weighted by molar-refractivity contribution is 6.06. The normalized spacial score (nSPS) is 21.0. The molecule has 2 saturated heterocycles. The number of amides is 4. The largest absolute Gasteiger partial charge is 0.339 e. The Kier molecular flexibility index (Phi) is 5.91. The minimum absolute atomic E-state index is 0.0414. The Morgan fingerprint density at radius 1 is 1.03 bits per heavy atom. The number of rotatable bonds is 4. The number of nitrogens with one attached hydrogen (secondary N) is 1. The summed E-state index contributed by atoms with van der Waals surface area (Å²) in [6.07, 6.45) is 2.30. The second-order valence-corrected chi connectivity index (χ2v) is 9.24. The fraction of sp³-hybridized carbons (Fsp3) is 0.385. The van der Waals surface area contributed by atoms with E-state index >= 15 is 0 Å². The predicted octanol–water partition coefficient (Wildman–Crippen LogP) is 1.93. The lowest BCUT2D eigenvalue weighted by Gasteiger charge is -2.33. The summed E-state index contributed by atoms with van der Waals surface area (Å²) in [5, 5.41) is 2.31. The summed E-state index contributed by atoms with van der Waals surface area (Å²) in [5.41, 5.74) is 10.2. The van der Waals surface area contributed by atoms with Gasteiger partial charge < -0.3 is 15.5 Å². The molecule has 2 aromatic carbocycles. The van der Waals surface area contributed by atoms with Gasteiger partial charge in [0.05, 0.1) is 0 Å². The summed E-state index contributed by atoms with van der Waals surface area (Å²) in [7, 11) is 0. The van der Waals surface area contributed by atoms with E-state index in [1.54, 1.807) is 18.2 Å². The number of fused-ring (bicyclic) bond motifs is 1. The first-order chi connectivity index (χ1) is 16.5. The molecule has 1 atom stereocenters. The van der Waals surface area contributed by atoms with Crippen LogP contribution < -0.4 is 11.1 Å². The molecular weight excluding hydrogens is 432 g/mol. The van der Waals surface area contributed by atoms with E-state index in [4.69, 9.17) is 5.73 Å². The molecule has 0 aliphatic carbocycles. The van der Waals surface area contributed by atoms with Crippen LogP contribution in [-0.4, -0.2) is 52.6 Å². The number of nitrogens with two attached hydrogens (primary N) is 1. The molecular formula is C26H28N4O4. The van der Waals surface area contributed by atoms with Crippen molar-refractivity contribution in [2.24, 2.45) is 5.73 Å². The van der Waals surface area contributed by atoms with Crippen LogP contribution >= 0.6 is 0 Å². The molecule has 3 N–H and O–H groups in total. The van der Waals surface area contributed by atoms with Crippen molar-refractivity contribution in [3.8, 4) is 0 Å². The van der Waals surface area contributed by atoms with Gasteiger partial charge in [0, 0.05) is 43.7 Å². The molecule has 0 spiro atoms. The van der Waals surface area contributed by atoms with Crippen LogP contribution in [0.5, 0.6) is 0 Å². The molecule has 3 aliphatic rings. The Balaban J connectivity index is 1.26. The molecule has 8 heteroatoms. The Morgan fingerprint density at radius 2 is 1.79 bits per heavy atom. The quantitative estimate of drug-likeness (QED) is 0.677. The van der Waals surface area contributed by atoms with Crippen molar-refractivity contribution in [1.29, 1.82) is 0 Å². The van der Waals surface area contributed by atoms with Crippen molar-refractivity contribution < 1.29 is 19.2 Å². The van der Waals surface area contributed by atoms with Gasteiger partial charge in [0.2, 0.25) is 11.8 Å². The topological polar surface area (TPSA) is 113 Å². The number of piperidine rings is 2. The van der Waals surface area contributed by atoms with Gasteiger partial charge in [0.15, 0.2) is 0 Å². The van der Waals surface area contributed by atoms with Crippen molar-refractivity contribution in [2.75, 3.05) is 13.1 Å². The molecule has 2 fully saturated rings. The summed E-state index contributed by atoms with van der Waals surface area (Å²) >= 11 is 0. The number of carbonyl (C=O) groups excluding carboxylic acids is 4. The Bertz CT molecular complexity index is 1170. The number of hydrogen-bond acceptors (Lipinski definition) is 5. The molecule has 3 heterocycles. The lowest BCUT2D eigenvalue weighted by atomic mass is 9.86. The third-order valence-corrected chi connectivity index (χ3v) is 7.27. The van der Waals surface area contributed by atoms with E-state index < -0.39 is 11.9 Å². The molecule has 2 aromatic rings. The first-order valence-corrected chi connectivity index (χ1v) is 11.8. The van der Waals surface area contributed by atoms with Crippen LogP contribution in [0.2, 0.25) is 0 Å². The first-order valence-electron chi connectivity index (χ1n) is 11.8. The molecule has 176 valence electrons. The maximum atomic E-state index is 13.2. The lowest BCUT2D eigenvalue weighted by molar-refractivity contribution is -0.136. The van der Waals surface area contributed by atoms with Crippen molar-refractivity contribution >= 4 is 23.6 Å². The molecule has 0 radical (unpaired) electrons. The molecule has 1 unspecified atom stereocenters. The molecule has 4 amide bonds. The summed E-state index contributed by atoms with van der Waals surface area (Å²) in [6, 6.07) is 12.7. The van der Waals surface area contributed by atoms with Gasteiger partial charge in [-0.3, -0.25) is 24.5 Å². The number of benzene rings is 2. The smallest absolute Gasteiger partial charge is 0.255 e. The van der Waals surface area contributed by atoms with Gasteiger partial charge in [-0.25, -0.2) is 0 Å². The SMILES string of the molecule is NCc1ccccc1C1CCN(C(=O)c2ccc3c(c2)CN(C2CCC(=O)NC2=O)C3=O)CC1. The maximum Gasteiger partial charge on any atom is 0.255 e. The van der Waals surface area contributed by atoms with Gasteiger partial charge >= 0.3 is 0 Å². The summed E-state index contributed by atoms with van der Waals surface area (Å²) < 4.78 is 0. The number of imide groups is 1. The van der Waals surface area contributed by atoms with Crippen molar-refractivity contribution in [3.63, 3.8) is 0 Å². The predicted molar refractivity (Wildman–Crippen MR) is 125 cm³/mol. The summed E-state index contributed by atoms with van der Waals surface area (Å²) in [6.45, 7) is 2.11. The van der Waals surface area contributed by atoms with Crippen LogP contribution in [-0.2, 0) is 22.7 Å². The maximum absolute atomic E-state index is 13.2. The zero-order valence-electron chi connectivity index (χ0n) is 19.0. The highest BCUT2D eigenvalue weighted by atomic mass is 16.2. The molecule has 8 nitrogen and oxygen atoms in total. The van der Waals surface area contributed by atoms with Gasteiger partial charge in [-0.2, -0.15) is 0 Å². The molecule has 3 aliphatic heterocycles. The Hall–Kier alpha value is -3.52. The molecule has 0 saturated carbocycles. The third-order valence-electron chi connectivity index (χ3n) is 7.27. The van der Waals surface area contributed by atoms with Crippen molar-refractivity contribution in [3.05, 3.63) is 70.3 Å². The fourth-order valence-electron chi connectivity index (χ4n) is 5.40. The summed E-state index contributed by atoms with van der Waals surface area (Å²) in [4.78, 5) is 53.2. The van der Waals surface area contributed by atoms with Gasteiger partial charge in [-0.05, 0) is 60.1 Å². The van der Waals surface area contributed by atoms with Gasteiger partial charge in [0.1, 0.15) is 6.04 Å². The zero-order valence-corrected chi connectivity index (χ0v) is 19.0. The van der Waals surface area contributed by atoms with Crippen LogP contribution in [0.3, 0.4) is 0 Å². The van der Waals surface area contributed by atoms with Crippen LogP contribution in [0.1, 0.15) is 69.0 Å². The number of carbonyl (C=O) groups is 4. The van der Waals surface area contributed by atoms with E-state index in [1.807, 2.05) is 17.0 Å². The highest BCUT2D eigenvalue weighted by Crippen LogP contribution is 2.32. The third kappa shape index (κ3) is 3.98. The van der Waals surface area contributed by atoms with E-state index in [1.165, 1.54) is 10.5 Å². The average molecular weight is 461 g/mol. The monoisotopic (exact) mass is 460 g/mol. The second-order valence-electron chi connectivity index (χ2n) is 9.24. The number of likely N-dealkylation sites (tertiary alicyclic amines) is 1. The van der Waals surface area contributed by atoms with Crippen LogP contribution in [0.15, 0.2) is 42.5 Å². The molecule has 5 rings (SSSR count). The Labute approximate surface area is 198 Å². The van der Waals surface area contributed by atoms with Crippen LogP contribution in [0.25, 0.3) is 0 Å². The van der Waals surface area contributed by atoms with E-state index in [9.17, 15) is 19.2 Å². The number of hydrogen-bond donors (Lipinski definition) is 2. The van der Waals surface area contributed by atoms with Gasteiger partial charge in [-0.1, -0.05) is 24.3 Å². The van der Waals surface area contributed by atoms with E-state index in [2.05, 4.69) is 17.4 Å². The fourth-order valence-corrected chi connectivity index (χ4v) is 5.40. The second kappa shape index (κ2) is 9.02. The summed E-state index contributed by atoms with van der Waals surface area (Å²) in [5.74, 6) is -0.631. The first kappa shape index (κ1) is 22.3.